The number of methoxy groups -OCH3 is 2. The monoisotopic (exact) mass is 414 g/mol. The van der Waals surface area contributed by atoms with Crippen molar-refractivity contribution >= 4 is 33.7 Å². The Labute approximate surface area is 172 Å². The van der Waals surface area contributed by atoms with Crippen LogP contribution in [0.2, 0.25) is 0 Å². The molecule has 2 aromatic heterocycles. The normalized spacial score (nSPS) is 15.8. The fourth-order valence-corrected chi connectivity index (χ4v) is 5.45. The predicted octanol–water partition coefficient (Wildman–Crippen LogP) is 5.27. The summed E-state index contributed by atoms with van der Waals surface area (Å²) in [5, 5.41) is 7.44. The summed E-state index contributed by atoms with van der Waals surface area (Å²) in [7, 11) is 3.25. The van der Waals surface area contributed by atoms with Crippen LogP contribution in [0.25, 0.3) is 11.3 Å². The van der Waals surface area contributed by atoms with Gasteiger partial charge in [0.2, 0.25) is 0 Å². The summed E-state index contributed by atoms with van der Waals surface area (Å²) in [4.78, 5) is 18.8. The zero-order valence-corrected chi connectivity index (χ0v) is 17.7. The second kappa shape index (κ2) is 7.93. The molecule has 1 aromatic carbocycles. The van der Waals surface area contributed by atoms with Gasteiger partial charge in [-0.3, -0.25) is 10.1 Å². The number of aromatic nitrogens is 1. The average Bonchev–Trinajstić information content (AvgIpc) is 3.34. The lowest BCUT2D eigenvalue weighted by atomic mass is 9.88. The Balaban J connectivity index is 1.55. The maximum atomic E-state index is 12.8. The van der Waals surface area contributed by atoms with Gasteiger partial charge in [-0.2, -0.15) is 0 Å². The number of hydrogen-bond acceptors (Lipinski definition) is 6. The molecule has 146 valence electrons. The Bertz CT molecular complexity index is 1010. The van der Waals surface area contributed by atoms with E-state index in [1.165, 1.54) is 21.8 Å². The Hall–Kier alpha value is -2.38. The largest absolute Gasteiger partial charge is 0.497 e. The number of hydrogen-bond donors (Lipinski definition) is 1. The molecule has 0 bridgehead atoms. The van der Waals surface area contributed by atoms with Crippen molar-refractivity contribution in [3.05, 3.63) is 45.0 Å². The molecule has 28 heavy (non-hydrogen) atoms. The molecule has 4 rings (SSSR count). The molecule has 7 heteroatoms. The van der Waals surface area contributed by atoms with Crippen molar-refractivity contribution in [2.75, 3.05) is 19.5 Å². The van der Waals surface area contributed by atoms with E-state index in [0.29, 0.717) is 16.8 Å². The summed E-state index contributed by atoms with van der Waals surface area (Å²) in [6.45, 7) is 2.27. The van der Waals surface area contributed by atoms with E-state index in [-0.39, 0.29) is 5.91 Å². The summed E-state index contributed by atoms with van der Waals surface area (Å²) < 4.78 is 10.8. The maximum Gasteiger partial charge on any atom is 0.258 e. The summed E-state index contributed by atoms with van der Waals surface area (Å²) in [5.41, 5.74) is 3.59. The van der Waals surface area contributed by atoms with E-state index >= 15 is 0 Å². The first-order valence-electron chi connectivity index (χ1n) is 9.17. The van der Waals surface area contributed by atoms with Gasteiger partial charge in [0.05, 0.1) is 25.5 Å². The third-order valence-corrected chi connectivity index (χ3v) is 6.86. The van der Waals surface area contributed by atoms with Crippen LogP contribution >= 0.6 is 22.7 Å². The molecule has 1 aliphatic rings. The Morgan fingerprint density at radius 2 is 2.07 bits per heavy atom. The summed E-state index contributed by atoms with van der Waals surface area (Å²) in [6.07, 6.45) is 3.19. The number of fused-ring (bicyclic) bond motifs is 1. The average molecular weight is 415 g/mol. The van der Waals surface area contributed by atoms with Crippen LogP contribution in [0.5, 0.6) is 11.5 Å². The van der Waals surface area contributed by atoms with Crippen LogP contribution in [-0.2, 0) is 12.8 Å². The number of thiazole rings is 1. The third-order valence-electron chi connectivity index (χ3n) is 5.05. The minimum absolute atomic E-state index is 0.0782. The number of benzene rings is 1. The van der Waals surface area contributed by atoms with Crippen LogP contribution < -0.4 is 14.8 Å². The first kappa shape index (κ1) is 19.0. The highest BCUT2D eigenvalue weighted by Gasteiger charge is 2.23. The number of anilines is 1. The second-order valence-corrected chi connectivity index (χ2v) is 8.78. The van der Waals surface area contributed by atoms with E-state index in [1.807, 2.05) is 29.0 Å². The maximum absolute atomic E-state index is 12.8. The molecule has 1 aliphatic carbocycles. The first-order valence-corrected chi connectivity index (χ1v) is 10.9. The molecule has 0 saturated carbocycles. The molecule has 0 fully saturated rings. The van der Waals surface area contributed by atoms with Crippen molar-refractivity contribution in [1.29, 1.82) is 0 Å². The molecule has 1 N–H and O–H groups in total. The topological polar surface area (TPSA) is 60.5 Å². The van der Waals surface area contributed by atoms with Crippen LogP contribution in [0.1, 0.15) is 34.1 Å². The molecular formula is C21H22N2O3S2. The predicted molar refractivity (Wildman–Crippen MR) is 114 cm³/mol. The molecule has 0 spiro atoms. The highest BCUT2D eigenvalue weighted by Crippen LogP contribution is 2.36. The number of nitrogens with one attached hydrogen (secondary N) is 1. The van der Waals surface area contributed by atoms with Crippen molar-refractivity contribution in [1.82, 2.24) is 4.98 Å². The molecule has 0 saturated heterocycles. The SMILES string of the molecule is COc1ccc(OC)c(-c2csc(NC(=O)c3csc4c3CCC(C)C4)n2)c1. The molecule has 1 amide bonds. The van der Waals surface area contributed by atoms with E-state index in [9.17, 15) is 4.79 Å². The highest BCUT2D eigenvalue weighted by molar-refractivity contribution is 7.14. The van der Waals surface area contributed by atoms with Crippen molar-refractivity contribution in [3.63, 3.8) is 0 Å². The highest BCUT2D eigenvalue weighted by atomic mass is 32.1. The van der Waals surface area contributed by atoms with Crippen LogP contribution in [-0.4, -0.2) is 25.1 Å². The van der Waals surface area contributed by atoms with E-state index in [4.69, 9.17) is 9.47 Å². The quantitative estimate of drug-likeness (QED) is 0.618. The van der Waals surface area contributed by atoms with Crippen molar-refractivity contribution in [2.24, 2.45) is 5.92 Å². The van der Waals surface area contributed by atoms with Gasteiger partial charge in [0.15, 0.2) is 5.13 Å². The van der Waals surface area contributed by atoms with Gasteiger partial charge in [-0.25, -0.2) is 4.98 Å². The molecule has 0 radical (unpaired) electrons. The third kappa shape index (κ3) is 3.64. The van der Waals surface area contributed by atoms with Gasteiger partial charge < -0.3 is 9.47 Å². The van der Waals surface area contributed by atoms with Gasteiger partial charge in [-0.15, -0.1) is 22.7 Å². The Kier molecular flexibility index (Phi) is 5.37. The lowest BCUT2D eigenvalue weighted by molar-refractivity contribution is 0.102. The van der Waals surface area contributed by atoms with Crippen LogP contribution in [0.15, 0.2) is 29.0 Å². The van der Waals surface area contributed by atoms with Crippen molar-refractivity contribution in [2.45, 2.75) is 26.2 Å². The summed E-state index contributed by atoms with van der Waals surface area (Å²) in [5.74, 6) is 2.06. The molecule has 1 unspecified atom stereocenters. The van der Waals surface area contributed by atoms with Gasteiger partial charge >= 0.3 is 0 Å². The minimum Gasteiger partial charge on any atom is -0.497 e. The van der Waals surface area contributed by atoms with Gasteiger partial charge in [-0.1, -0.05) is 6.92 Å². The van der Waals surface area contributed by atoms with Gasteiger partial charge in [0, 0.05) is 21.2 Å². The first-order chi connectivity index (χ1) is 13.6. The van der Waals surface area contributed by atoms with Gasteiger partial charge in [0.25, 0.3) is 5.91 Å². The molecular weight excluding hydrogens is 392 g/mol. The van der Waals surface area contributed by atoms with E-state index in [0.717, 1.165) is 41.8 Å². The lowest BCUT2D eigenvalue weighted by Gasteiger charge is -2.18. The Morgan fingerprint density at radius 3 is 2.86 bits per heavy atom. The van der Waals surface area contributed by atoms with Gasteiger partial charge in [-0.05, 0) is 48.9 Å². The standard InChI is InChI=1S/C21H22N2O3S2/c1-12-4-6-14-16(10-27-19(14)8-12)20(24)23-21-22-17(11-28-21)15-9-13(25-2)5-7-18(15)26-3/h5,7,9-12H,4,6,8H2,1-3H3,(H,22,23,24). The number of carbonyl (C=O) groups excluding carboxylic acids is 1. The number of amides is 1. The molecule has 2 heterocycles. The summed E-state index contributed by atoms with van der Waals surface area (Å²) >= 11 is 3.10. The molecule has 5 nitrogen and oxygen atoms in total. The van der Waals surface area contributed by atoms with E-state index in [1.54, 1.807) is 25.6 Å². The Morgan fingerprint density at radius 1 is 1.21 bits per heavy atom. The van der Waals surface area contributed by atoms with Gasteiger partial charge in [0.1, 0.15) is 11.5 Å². The number of nitrogens with zero attached hydrogens (tertiary/aromatic N) is 1. The molecule has 1 atom stereocenters. The fraction of sp³-hybridized carbons (Fsp3) is 0.333. The van der Waals surface area contributed by atoms with E-state index < -0.39 is 0 Å². The van der Waals surface area contributed by atoms with Crippen LogP contribution in [0.3, 0.4) is 0 Å². The van der Waals surface area contributed by atoms with Crippen LogP contribution in [0, 0.1) is 5.92 Å². The molecule has 0 aliphatic heterocycles. The van der Waals surface area contributed by atoms with Crippen LogP contribution in [0.4, 0.5) is 5.13 Å². The number of thiophene rings is 1. The zero-order chi connectivity index (χ0) is 19.7. The number of rotatable bonds is 5. The summed E-state index contributed by atoms with van der Waals surface area (Å²) in [6, 6.07) is 5.58. The zero-order valence-electron chi connectivity index (χ0n) is 16.1. The van der Waals surface area contributed by atoms with Crippen molar-refractivity contribution in [3.8, 4) is 22.8 Å². The molecule has 3 aromatic rings. The smallest absolute Gasteiger partial charge is 0.258 e. The number of carbonyl (C=O) groups is 1. The van der Waals surface area contributed by atoms with E-state index in [2.05, 4.69) is 17.2 Å². The number of ether oxygens (including phenoxy) is 2. The minimum atomic E-state index is -0.0782. The van der Waals surface area contributed by atoms with Crippen molar-refractivity contribution < 1.29 is 14.3 Å². The second-order valence-electron chi connectivity index (χ2n) is 6.96. The lowest BCUT2D eigenvalue weighted by Crippen LogP contribution is -2.16. The fourth-order valence-electron chi connectivity index (χ4n) is 3.50.